The summed E-state index contributed by atoms with van der Waals surface area (Å²) in [6, 6.07) is 7.68. The van der Waals surface area contributed by atoms with Crippen molar-refractivity contribution in [2.45, 2.75) is 25.7 Å². The highest BCUT2D eigenvalue weighted by molar-refractivity contribution is 9.10. The van der Waals surface area contributed by atoms with Gasteiger partial charge in [-0.25, -0.2) is 0 Å². The third-order valence-corrected chi connectivity index (χ3v) is 3.91. The van der Waals surface area contributed by atoms with Crippen molar-refractivity contribution in [1.82, 2.24) is 0 Å². The van der Waals surface area contributed by atoms with Crippen LogP contribution in [0.3, 0.4) is 0 Å². The Hall–Kier alpha value is -1.16. The summed E-state index contributed by atoms with van der Waals surface area (Å²) >= 11 is 3.40. The molecule has 0 atom stereocenters. The van der Waals surface area contributed by atoms with Gasteiger partial charge in [-0.3, -0.25) is 9.59 Å². The number of hydrogen-bond acceptors (Lipinski definition) is 2. The molecule has 3 nitrogen and oxygen atoms in total. The van der Waals surface area contributed by atoms with Gasteiger partial charge in [-0.1, -0.05) is 22.0 Å². The molecule has 0 aromatic heterocycles. The highest BCUT2D eigenvalue weighted by atomic mass is 79.9. The van der Waals surface area contributed by atoms with Crippen LogP contribution in [0.15, 0.2) is 28.7 Å². The quantitative estimate of drug-likeness (QED) is 0.841. The molecule has 4 heteroatoms. The summed E-state index contributed by atoms with van der Waals surface area (Å²) in [5.74, 6) is 0.386. The molecule has 1 amide bonds. The lowest BCUT2D eigenvalue weighted by molar-refractivity contribution is -0.126. The molecular formula is C14H16BrNO2. The van der Waals surface area contributed by atoms with Gasteiger partial charge in [0.25, 0.3) is 0 Å². The van der Waals surface area contributed by atoms with E-state index >= 15 is 0 Å². The first kappa shape index (κ1) is 13.3. The third-order valence-electron chi connectivity index (χ3n) is 3.42. The molecule has 1 aromatic carbocycles. The Morgan fingerprint density at radius 1 is 1.33 bits per heavy atom. The van der Waals surface area contributed by atoms with E-state index in [9.17, 15) is 9.59 Å². The SMILES string of the molecule is CN(C(=O)C1CCC(=O)CC1)c1cccc(Br)c1. The van der Waals surface area contributed by atoms with Crippen LogP contribution >= 0.6 is 15.9 Å². The van der Waals surface area contributed by atoms with Gasteiger partial charge in [0.15, 0.2) is 0 Å². The standard InChI is InChI=1S/C14H16BrNO2/c1-16(12-4-2-3-11(15)9-12)14(18)10-5-7-13(17)8-6-10/h2-4,9-10H,5-8H2,1H3. The summed E-state index contributed by atoms with van der Waals surface area (Å²) in [6.07, 6.45) is 2.47. The second-order valence-corrected chi connectivity index (χ2v) is 5.61. The number of Topliss-reactive ketones (excluding diaryl/α,β-unsaturated/α-hetero) is 1. The van der Waals surface area contributed by atoms with Gasteiger partial charge in [0.2, 0.25) is 5.91 Å². The van der Waals surface area contributed by atoms with Crippen molar-refractivity contribution in [1.29, 1.82) is 0 Å². The number of halogens is 1. The van der Waals surface area contributed by atoms with Crippen molar-refractivity contribution in [3.05, 3.63) is 28.7 Å². The van der Waals surface area contributed by atoms with Gasteiger partial charge in [0.05, 0.1) is 0 Å². The van der Waals surface area contributed by atoms with Gasteiger partial charge in [0.1, 0.15) is 5.78 Å². The van der Waals surface area contributed by atoms with E-state index < -0.39 is 0 Å². The summed E-state index contributed by atoms with van der Waals surface area (Å²) in [7, 11) is 1.79. The van der Waals surface area contributed by atoms with Crippen LogP contribution in [0.4, 0.5) is 5.69 Å². The Morgan fingerprint density at radius 3 is 2.61 bits per heavy atom. The van der Waals surface area contributed by atoms with E-state index in [2.05, 4.69) is 15.9 Å². The molecule has 0 saturated heterocycles. The molecule has 0 unspecified atom stereocenters. The van der Waals surface area contributed by atoms with Crippen LogP contribution in [0, 0.1) is 5.92 Å². The minimum atomic E-state index is -0.00770. The van der Waals surface area contributed by atoms with Crippen LogP contribution in [-0.4, -0.2) is 18.7 Å². The zero-order valence-electron chi connectivity index (χ0n) is 10.4. The first-order chi connectivity index (χ1) is 8.58. The minimum absolute atomic E-state index is 0.00770. The normalized spacial score (nSPS) is 16.7. The van der Waals surface area contributed by atoms with Crippen LogP contribution in [0.25, 0.3) is 0 Å². The number of ketones is 1. The lowest BCUT2D eigenvalue weighted by Gasteiger charge is -2.26. The molecule has 1 aliphatic rings. The van der Waals surface area contributed by atoms with Crippen LogP contribution in [0.1, 0.15) is 25.7 Å². The van der Waals surface area contributed by atoms with Crippen molar-refractivity contribution in [3.8, 4) is 0 Å². The van der Waals surface area contributed by atoms with E-state index in [0.29, 0.717) is 25.7 Å². The van der Waals surface area contributed by atoms with E-state index in [1.54, 1.807) is 11.9 Å². The topological polar surface area (TPSA) is 37.4 Å². The maximum absolute atomic E-state index is 12.3. The molecule has 1 aromatic rings. The predicted octanol–water partition coefficient (Wildman–Crippen LogP) is 3.17. The molecule has 0 aliphatic heterocycles. The van der Waals surface area contributed by atoms with Crippen molar-refractivity contribution in [2.75, 3.05) is 11.9 Å². The lowest BCUT2D eigenvalue weighted by atomic mass is 9.87. The zero-order chi connectivity index (χ0) is 13.1. The molecule has 1 saturated carbocycles. The zero-order valence-corrected chi connectivity index (χ0v) is 11.9. The fraction of sp³-hybridized carbons (Fsp3) is 0.429. The van der Waals surface area contributed by atoms with Gasteiger partial charge in [-0.15, -0.1) is 0 Å². The van der Waals surface area contributed by atoms with Gasteiger partial charge < -0.3 is 4.90 Å². The summed E-state index contributed by atoms with van der Waals surface area (Å²) in [5, 5.41) is 0. The lowest BCUT2D eigenvalue weighted by Crippen LogP contribution is -2.35. The molecule has 1 aliphatic carbocycles. The number of hydrogen-bond donors (Lipinski definition) is 0. The van der Waals surface area contributed by atoms with Crippen molar-refractivity contribution in [2.24, 2.45) is 5.92 Å². The van der Waals surface area contributed by atoms with Gasteiger partial charge in [-0.05, 0) is 31.0 Å². The second-order valence-electron chi connectivity index (χ2n) is 4.69. The number of benzene rings is 1. The van der Waals surface area contributed by atoms with Crippen molar-refractivity contribution in [3.63, 3.8) is 0 Å². The largest absolute Gasteiger partial charge is 0.315 e. The Labute approximate surface area is 115 Å². The van der Waals surface area contributed by atoms with E-state index in [1.165, 1.54) is 0 Å². The minimum Gasteiger partial charge on any atom is -0.315 e. The van der Waals surface area contributed by atoms with Crippen molar-refractivity contribution >= 4 is 33.3 Å². The maximum Gasteiger partial charge on any atom is 0.229 e. The number of carbonyl (C=O) groups is 2. The Kier molecular flexibility index (Phi) is 4.17. The van der Waals surface area contributed by atoms with Crippen LogP contribution < -0.4 is 4.90 Å². The molecule has 0 heterocycles. The van der Waals surface area contributed by atoms with E-state index in [0.717, 1.165) is 10.2 Å². The molecule has 0 spiro atoms. The van der Waals surface area contributed by atoms with Crippen LogP contribution in [0.2, 0.25) is 0 Å². The molecule has 96 valence electrons. The fourth-order valence-corrected chi connectivity index (χ4v) is 2.66. The Morgan fingerprint density at radius 2 is 2.00 bits per heavy atom. The molecule has 18 heavy (non-hydrogen) atoms. The summed E-state index contributed by atoms with van der Waals surface area (Å²) < 4.78 is 0.957. The van der Waals surface area contributed by atoms with E-state index in [-0.39, 0.29) is 17.6 Å². The first-order valence-electron chi connectivity index (χ1n) is 6.13. The average Bonchev–Trinajstić information content (AvgIpc) is 2.38. The number of carbonyl (C=O) groups excluding carboxylic acids is 2. The van der Waals surface area contributed by atoms with E-state index in [4.69, 9.17) is 0 Å². The second kappa shape index (κ2) is 5.65. The monoisotopic (exact) mass is 309 g/mol. The first-order valence-corrected chi connectivity index (χ1v) is 6.92. The summed E-state index contributed by atoms with van der Waals surface area (Å²) in [6.45, 7) is 0. The molecular weight excluding hydrogens is 294 g/mol. The molecule has 0 N–H and O–H groups in total. The highest BCUT2D eigenvalue weighted by Crippen LogP contribution is 2.26. The Bertz CT molecular complexity index is 463. The van der Waals surface area contributed by atoms with E-state index in [1.807, 2.05) is 24.3 Å². The summed E-state index contributed by atoms with van der Waals surface area (Å²) in [5.41, 5.74) is 0.881. The fourth-order valence-electron chi connectivity index (χ4n) is 2.27. The average molecular weight is 310 g/mol. The molecule has 2 rings (SSSR count). The van der Waals surface area contributed by atoms with Crippen LogP contribution in [-0.2, 0) is 9.59 Å². The molecule has 0 radical (unpaired) electrons. The summed E-state index contributed by atoms with van der Waals surface area (Å²) in [4.78, 5) is 25.2. The number of rotatable bonds is 2. The van der Waals surface area contributed by atoms with Crippen molar-refractivity contribution < 1.29 is 9.59 Å². The van der Waals surface area contributed by atoms with Gasteiger partial charge in [0, 0.05) is 36.0 Å². The number of amides is 1. The van der Waals surface area contributed by atoms with Gasteiger partial charge >= 0.3 is 0 Å². The molecule has 1 fully saturated rings. The highest BCUT2D eigenvalue weighted by Gasteiger charge is 2.27. The van der Waals surface area contributed by atoms with Crippen LogP contribution in [0.5, 0.6) is 0 Å². The predicted molar refractivity (Wildman–Crippen MR) is 74.5 cm³/mol. The number of nitrogens with zero attached hydrogens (tertiary/aromatic N) is 1. The number of anilines is 1. The third kappa shape index (κ3) is 2.99. The smallest absolute Gasteiger partial charge is 0.229 e. The van der Waals surface area contributed by atoms with Gasteiger partial charge in [-0.2, -0.15) is 0 Å². The molecule has 0 bridgehead atoms. The maximum atomic E-state index is 12.3. The Balaban J connectivity index is 2.07.